The van der Waals surface area contributed by atoms with Crippen LogP contribution in [0.15, 0.2) is 59.4 Å². The molecule has 15 heteroatoms. The molecule has 42 heavy (non-hydrogen) atoms. The quantitative estimate of drug-likeness (QED) is 0.304. The molecule has 228 valence electrons. The van der Waals surface area contributed by atoms with E-state index in [1.54, 1.807) is 0 Å². The van der Waals surface area contributed by atoms with Gasteiger partial charge in [-0.1, -0.05) is 48.5 Å². The molecule has 0 radical (unpaired) electrons. The molecule has 5 N–H and O–H groups in total. The Bertz CT molecular complexity index is 1380. The number of aliphatic carboxylic acids is 2. The second kappa shape index (κ2) is 14.6. The van der Waals surface area contributed by atoms with Gasteiger partial charge >= 0.3 is 24.3 Å². The number of aromatic nitrogens is 2. The summed E-state index contributed by atoms with van der Waals surface area (Å²) >= 11 is 0. The van der Waals surface area contributed by atoms with E-state index in [0.29, 0.717) is 17.6 Å². The van der Waals surface area contributed by atoms with Crippen molar-refractivity contribution in [3.63, 3.8) is 0 Å². The Hall–Kier alpha value is -4.24. The zero-order valence-electron chi connectivity index (χ0n) is 22.2. The summed E-state index contributed by atoms with van der Waals surface area (Å²) in [7, 11) is 0. The van der Waals surface area contributed by atoms with Crippen molar-refractivity contribution in [2.24, 2.45) is 5.73 Å². The second-order valence-corrected chi connectivity index (χ2v) is 9.08. The number of aromatic amines is 1. The molecule has 2 heterocycles. The molecule has 1 fully saturated rings. The first-order valence-corrected chi connectivity index (χ1v) is 12.3. The molecule has 9 nitrogen and oxygen atoms in total. The summed E-state index contributed by atoms with van der Waals surface area (Å²) in [5.41, 5.74) is 11.0. The largest absolute Gasteiger partial charge is 0.490 e. The van der Waals surface area contributed by atoms with Crippen LogP contribution in [0.1, 0.15) is 41.3 Å². The summed E-state index contributed by atoms with van der Waals surface area (Å²) in [6.07, 6.45) is -7.73. The molecule has 1 aromatic heterocycles. The number of nitrogens with one attached hydrogen (secondary N) is 1. The number of hydrogen-bond donors (Lipinski definition) is 4. The minimum Gasteiger partial charge on any atom is -0.475 e. The predicted octanol–water partition coefficient (Wildman–Crippen LogP) is 4.81. The van der Waals surface area contributed by atoms with Gasteiger partial charge in [0.1, 0.15) is 5.82 Å². The third-order valence-corrected chi connectivity index (χ3v) is 6.01. The molecule has 1 unspecified atom stereocenters. The topological polar surface area (TPSA) is 150 Å². The van der Waals surface area contributed by atoms with E-state index in [1.807, 2.05) is 12.1 Å². The van der Waals surface area contributed by atoms with Crippen molar-refractivity contribution in [2.75, 3.05) is 6.54 Å². The van der Waals surface area contributed by atoms with Gasteiger partial charge < -0.3 is 20.9 Å². The van der Waals surface area contributed by atoms with Gasteiger partial charge in [0, 0.05) is 30.8 Å². The van der Waals surface area contributed by atoms with Gasteiger partial charge in [-0.05, 0) is 43.0 Å². The number of aryl methyl sites for hydroxylation is 1. The van der Waals surface area contributed by atoms with E-state index < -0.39 is 24.3 Å². The van der Waals surface area contributed by atoms with Gasteiger partial charge in [0.15, 0.2) is 0 Å². The second-order valence-electron chi connectivity index (χ2n) is 9.08. The van der Waals surface area contributed by atoms with Gasteiger partial charge in [-0.3, -0.25) is 9.69 Å². The number of H-pyrrole nitrogens is 1. The number of carbonyl (C=O) groups is 2. The molecular weight excluding hydrogens is 574 g/mol. The minimum absolute atomic E-state index is 0.173. The Morgan fingerprint density at radius 1 is 1.00 bits per heavy atom. The normalized spacial score (nSPS) is 15.2. The number of likely N-dealkylation sites (tertiary alicyclic amines) is 1. The summed E-state index contributed by atoms with van der Waals surface area (Å²) in [5, 5.41) is 14.2. The third kappa shape index (κ3) is 10.3. The van der Waals surface area contributed by atoms with Crippen LogP contribution in [0.25, 0.3) is 11.4 Å². The van der Waals surface area contributed by atoms with Crippen LogP contribution in [0.3, 0.4) is 0 Å². The van der Waals surface area contributed by atoms with E-state index in [-0.39, 0.29) is 12.1 Å². The lowest BCUT2D eigenvalue weighted by molar-refractivity contribution is -0.193. The Balaban J connectivity index is 0.000000367. The molecular formula is C27H28F6N4O5. The van der Waals surface area contributed by atoms with Crippen molar-refractivity contribution in [1.29, 1.82) is 0 Å². The van der Waals surface area contributed by atoms with Crippen molar-refractivity contribution in [3.05, 3.63) is 87.3 Å². The average molecular weight is 603 g/mol. The van der Waals surface area contributed by atoms with Crippen LogP contribution in [-0.4, -0.2) is 55.9 Å². The Morgan fingerprint density at radius 2 is 1.55 bits per heavy atom. The van der Waals surface area contributed by atoms with Gasteiger partial charge in [-0.2, -0.15) is 26.3 Å². The lowest BCUT2D eigenvalue weighted by Gasteiger charge is -2.26. The predicted molar refractivity (Wildman–Crippen MR) is 139 cm³/mol. The Kier molecular flexibility index (Phi) is 11.8. The highest BCUT2D eigenvalue weighted by atomic mass is 19.4. The van der Waals surface area contributed by atoms with Gasteiger partial charge in [0.05, 0.1) is 5.69 Å². The van der Waals surface area contributed by atoms with E-state index in [2.05, 4.69) is 58.2 Å². The lowest BCUT2D eigenvalue weighted by Crippen LogP contribution is -2.23. The SMILES string of the molecule is Cc1ccccc1C1CCCN1Cc1ccc(-c2nc(CN)cc(=O)[nH]2)cc1.O=C(O)C(F)(F)F.O=C(O)C(F)(F)F. The summed E-state index contributed by atoms with van der Waals surface area (Å²) in [6.45, 7) is 4.49. The highest BCUT2D eigenvalue weighted by Crippen LogP contribution is 2.34. The van der Waals surface area contributed by atoms with Crippen LogP contribution >= 0.6 is 0 Å². The molecule has 1 saturated heterocycles. The molecule has 3 aromatic rings. The average Bonchev–Trinajstić information content (AvgIpc) is 3.36. The molecule has 1 aliphatic heterocycles. The van der Waals surface area contributed by atoms with Crippen molar-refractivity contribution in [1.82, 2.24) is 14.9 Å². The monoisotopic (exact) mass is 602 g/mol. The van der Waals surface area contributed by atoms with E-state index in [9.17, 15) is 31.1 Å². The van der Waals surface area contributed by atoms with Crippen molar-refractivity contribution < 1.29 is 46.1 Å². The van der Waals surface area contributed by atoms with Crippen LogP contribution in [0.2, 0.25) is 0 Å². The first-order valence-electron chi connectivity index (χ1n) is 12.3. The highest BCUT2D eigenvalue weighted by Gasteiger charge is 2.38. The highest BCUT2D eigenvalue weighted by molar-refractivity contribution is 5.73. The standard InChI is InChI=1S/C23H26N4O.2C2HF3O2/c1-16-5-2-3-6-20(16)21-7-4-12-27(21)15-17-8-10-18(11-9-17)23-25-19(14-24)13-22(28)26-23;2*3-2(4,5)1(6)7/h2-3,5-6,8-11,13,21H,4,7,12,14-15,24H2,1H3,(H,25,26,28);2*(H,6,7). The van der Waals surface area contributed by atoms with Crippen molar-refractivity contribution in [3.8, 4) is 11.4 Å². The zero-order valence-corrected chi connectivity index (χ0v) is 22.2. The number of halogens is 6. The van der Waals surface area contributed by atoms with Crippen LogP contribution in [0.4, 0.5) is 26.3 Å². The van der Waals surface area contributed by atoms with E-state index in [4.69, 9.17) is 25.5 Å². The van der Waals surface area contributed by atoms with E-state index in [0.717, 1.165) is 18.7 Å². The molecule has 0 amide bonds. The fraction of sp³-hybridized carbons (Fsp3) is 0.333. The maximum Gasteiger partial charge on any atom is 0.490 e. The molecule has 1 aliphatic rings. The zero-order chi connectivity index (χ0) is 31.7. The number of benzene rings is 2. The number of nitrogens with zero attached hydrogens (tertiary/aromatic N) is 2. The fourth-order valence-corrected chi connectivity index (χ4v) is 4.08. The molecule has 0 spiro atoms. The Labute approximate surface area is 235 Å². The number of rotatable bonds is 5. The van der Waals surface area contributed by atoms with Gasteiger partial charge in [-0.25, -0.2) is 14.6 Å². The molecule has 0 aliphatic carbocycles. The maximum atomic E-state index is 11.8. The fourth-order valence-electron chi connectivity index (χ4n) is 4.08. The summed E-state index contributed by atoms with van der Waals surface area (Å²) in [6, 6.07) is 18.9. The molecule has 0 bridgehead atoms. The van der Waals surface area contributed by atoms with Crippen LogP contribution < -0.4 is 11.3 Å². The number of nitrogens with two attached hydrogens (primary N) is 1. The summed E-state index contributed by atoms with van der Waals surface area (Å²) < 4.78 is 63.5. The Morgan fingerprint density at radius 3 is 2.05 bits per heavy atom. The minimum atomic E-state index is -5.08. The van der Waals surface area contributed by atoms with Crippen molar-refractivity contribution in [2.45, 2.75) is 51.2 Å². The first kappa shape index (κ1) is 34.0. The summed E-state index contributed by atoms with van der Waals surface area (Å²) in [5.74, 6) is -4.95. The molecule has 0 saturated carbocycles. The summed E-state index contributed by atoms with van der Waals surface area (Å²) in [4.78, 5) is 39.4. The molecule has 1 atom stereocenters. The third-order valence-electron chi connectivity index (χ3n) is 6.01. The van der Waals surface area contributed by atoms with Crippen LogP contribution in [0.5, 0.6) is 0 Å². The molecule has 4 rings (SSSR count). The van der Waals surface area contributed by atoms with Gasteiger partial charge in [0.25, 0.3) is 5.56 Å². The smallest absolute Gasteiger partial charge is 0.475 e. The number of hydrogen-bond acceptors (Lipinski definition) is 6. The lowest BCUT2D eigenvalue weighted by atomic mass is 9.99. The maximum absolute atomic E-state index is 11.8. The van der Waals surface area contributed by atoms with Crippen LogP contribution in [0, 0.1) is 6.92 Å². The van der Waals surface area contributed by atoms with E-state index >= 15 is 0 Å². The van der Waals surface area contributed by atoms with E-state index in [1.165, 1.54) is 35.6 Å². The van der Waals surface area contributed by atoms with Gasteiger partial charge in [0.2, 0.25) is 0 Å². The number of carboxylic acids is 2. The van der Waals surface area contributed by atoms with Crippen molar-refractivity contribution >= 4 is 11.9 Å². The molecule has 2 aromatic carbocycles. The number of alkyl halides is 6. The van der Waals surface area contributed by atoms with Crippen LogP contribution in [-0.2, 0) is 22.7 Å². The van der Waals surface area contributed by atoms with Gasteiger partial charge in [-0.15, -0.1) is 0 Å². The number of carboxylic acid groups (broad SMARTS) is 2. The first-order chi connectivity index (χ1) is 19.5.